The molecule has 0 aliphatic rings. The number of esters is 1. The highest BCUT2D eigenvalue weighted by molar-refractivity contribution is 6.00. The average molecular weight is 343 g/mol. The van der Waals surface area contributed by atoms with E-state index in [1.54, 1.807) is 26.0 Å². The van der Waals surface area contributed by atoms with Crippen LogP contribution in [0.1, 0.15) is 30.6 Å². The predicted octanol–water partition coefficient (Wildman–Crippen LogP) is 2.61. The second kappa shape index (κ2) is 8.28. The first kappa shape index (κ1) is 18.4. The first-order valence-electron chi connectivity index (χ1n) is 8.10. The Morgan fingerprint density at radius 1 is 1.12 bits per heavy atom. The third kappa shape index (κ3) is 4.79. The number of carboxylic acids is 1. The van der Waals surface area contributed by atoms with E-state index < -0.39 is 29.8 Å². The molecule has 2 rings (SSSR count). The Labute approximate surface area is 145 Å². The number of aliphatic carboxylic acids is 1. The van der Waals surface area contributed by atoms with E-state index in [0.29, 0.717) is 5.56 Å². The smallest absolute Gasteiger partial charge is 0.326 e. The van der Waals surface area contributed by atoms with Crippen LogP contribution in [0.5, 0.6) is 0 Å². The van der Waals surface area contributed by atoms with Crippen LogP contribution in [0.4, 0.5) is 0 Å². The van der Waals surface area contributed by atoms with Crippen molar-refractivity contribution in [3.8, 4) is 0 Å². The maximum Gasteiger partial charge on any atom is 0.326 e. The number of fused-ring (bicyclic) bond motifs is 1. The SMILES string of the molecule is CCOC(=O)C[C@H](C)[C@@H](NC(=O)c1ccc2ccccc2c1)C(=O)O. The molecule has 2 aromatic rings. The molecule has 0 unspecified atom stereocenters. The fraction of sp³-hybridized carbons (Fsp3) is 0.316. The van der Waals surface area contributed by atoms with Gasteiger partial charge in [-0.05, 0) is 35.7 Å². The fourth-order valence-electron chi connectivity index (χ4n) is 2.60. The van der Waals surface area contributed by atoms with Gasteiger partial charge >= 0.3 is 11.9 Å². The number of nitrogens with one attached hydrogen (secondary N) is 1. The van der Waals surface area contributed by atoms with Crippen LogP contribution in [0.3, 0.4) is 0 Å². The summed E-state index contributed by atoms with van der Waals surface area (Å²) in [5, 5.41) is 13.8. The van der Waals surface area contributed by atoms with Gasteiger partial charge in [-0.3, -0.25) is 9.59 Å². The highest BCUT2D eigenvalue weighted by atomic mass is 16.5. The minimum Gasteiger partial charge on any atom is -0.480 e. The van der Waals surface area contributed by atoms with E-state index in [9.17, 15) is 19.5 Å². The maximum atomic E-state index is 12.4. The fourth-order valence-corrected chi connectivity index (χ4v) is 2.60. The van der Waals surface area contributed by atoms with Gasteiger partial charge in [-0.1, -0.05) is 37.3 Å². The summed E-state index contributed by atoms with van der Waals surface area (Å²) in [6.45, 7) is 3.50. The highest BCUT2D eigenvalue weighted by Crippen LogP contribution is 2.17. The van der Waals surface area contributed by atoms with Crippen molar-refractivity contribution in [2.75, 3.05) is 6.61 Å². The van der Waals surface area contributed by atoms with Crippen LogP contribution in [0.2, 0.25) is 0 Å². The minimum atomic E-state index is -1.19. The van der Waals surface area contributed by atoms with E-state index in [1.165, 1.54) is 0 Å². The van der Waals surface area contributed by atoms with Crippen LogP contribution in [0.15, 0.2) is 42.5 Å². The molecule has 6 nitrogen and oxygen atoms in total. The highest BCUT2D eigenvalue weighted by Gasteiger charge is 2.29. The van der Waals surface area contributed by atoms with Gasteiger partial charge < -0.3 is 15.2 Å². The summed E-state index contributed by atoms with van der Waals surface area (Å²) in [4.78, 5) is 35.5. The summed E-state index contributed by atoms with van der Waals surface area (Å²) in [5.74, 6) is -2.76. The van der Waals surface area contributed by atoms with Crippen molar-refractivity contribution in [3.63, 3.8) is 0 Å². The Morgan fingerprint density at radius 3 is 2.44 bits per heavy atom. The summed E-state index contributed by atoms with van der Waals surface area (Å²) < 4.78 is 4.84. The molecular formula is C19H21NO5. The molecule has 0 spiro atoms. The summed E-state index contributed by atoms with van der Waals surface area (Å²) in [6.07, 6.45) is -0.0805. The first-order chi connectivity index (χ1) is 11.9. The van der Waals surface area contributed by atoms with E-state index in [2.05, 4.69) is 5.32 Å². The van der Waals surface area contributed by atoms with E-state index in [0.717, 1.165) is 10.8 Å². The Kier molecular flexibility index (Phi) is 6.11. The molecule has 0 aromatic heterocycles. The standard InChI is InChI=1S/C19H21NO5/c1-3-25-16(21)10-12(2)17(19(23)24)20-18(22)15-9-8-13-6-4-5-7-14(13)11-15/h4-9,11-12,17H,3,10H2,1-2H3,(H,20,22)(H,23,24)/t12-,17+/m0/s1. The molecule has 6 heteroatoms. The van der Waals surface area contributed by atoms with Crippen LogP contribution in [0, 0.1) is 5.92 Å². The Hall–Kier alpha value is -2.89. The lowest BCUT2D eigenvalue weighted by molar-refractivity contribution is -0.145. The summed E-state index contributed by atoms with van der Waals surface area (Å²) >= 11 is 0. The Balaban J connectivity index is 2.13. The Morgan fingerprint density at radius 2 is 1.80 bits per heavy atom. The van der Waals surface area contributed by atoms with Gasteiger partial charge in [0.15, 0.2) is 0 Å². The second-order valence-electron chi connectivity index (χ2n) is 5.84. The summed E-state index contributed by atoms with van der Waals surface area (Å²) in [6, 6.07) is 11.6. The molecule has 0 saturated carbocycles. The zero-order chi connectivity index (χ0) is 18.4. The van der Waals surface area contributed by atoms with Crippen LogP contribution >= 0.6 is 0 Å². The maximum absolute atomic E-state index is 12.4. The number of carbonyl (C=O) groups is 3. The van der Waals surface area contributed by atoms with E-state index >= 15 is 0 Å². The number of rotatable bonds is 7. The van der Waals surface area contributed by atoms with Crippen LogP contribution in [0.25, 0.3) is 10.8 Å². The normalized spacial score (nSPS) is 13.0. The predicted molar refractivity (Wildman–Crippen MR) is 93.3 cm³/mol. The van der Waals surface area contributed by atoms with Gasteiger partial charge in [0.1, 0.15) is 6.04 Å². The number of benzene rings is 2. The molecule has 0 heterocycles. The lowest BCUT2D eigenvalue weighted by atomic mass is 9.97. The number of carbonyl (C=O) groups excluding carboxylic acids is 2. The lowest BCUT2D eigenvalue weighted by Crippen LogP contribution is -2.45. The third-order valence-electron chi connectivity index (χ3n) is 3.93. The summed E-state index contributed by atoms with van der Waals surface area (Å²) in [7, 11) is 0. The van der Waals surface area contributed by atoms with Gasteiger partial charge in [-0.25, -0.2) is 4.79 Å². The molecule has 2 atom stereocenters. The van der Waals surface area contributed by atoms with Gasteiger partial charge in [0.05, 0.1) is 13.0 Å². The largest absolute Gasteiger partial charge is 0.480 e. The molecule has 0 bridgehead atoms. The molecule has 2 aromatic carbocycles. The van der Waals surface area contributed by atoms with E-state index in [-0.39, 0.29) is 13.0 Å². The number of hydrogen-bond acceptors (Lipinski definition) is 4. The monoisotopic (exact) mass is 343 g/mol. The van der Waals surface area contributed by atoms with Gasteiger partial charge in [0, 0.05) is 5.56 Å². The molecular weight excluding hydrogens is 322 g/mol. The molecule has 0 aliphatic heterocycles. The lowest BCUT2D eigenvalue weighted by Gasteiger charge is -2.21. The van der Waals surface area contributed by atoms with Crippen molar-refractivity contribution in [2.24, 2.45) is 5.92 Å². The zero-order valence-corrected chi connectivity index (χ0v) is 14.2. The van der Waals surface area contributed by atoms with Crippen molar-refractivity contribution in [3.05, 3.63) is 48.0 Å². The number of hydrogen-bond donors (Lipinski definition) is 2. The summed E-state index contributed by atoms with van der Waals surface area (Å²) in [5.41, 5.74) is 0.369. The van der Waals surface area contributed by atoms with Gasteiger partial charge in [-0.15, -0.1) is 0 Å². The van der Waals surface area contributed by atoms with Gasteiger partial charge in [0.2, 0.25) is 0 Å². The second-order valence-corrected chi connectivity index (χ2v) is 5.84. The molecule has 1 amide bonds. The van der Waals surface area contributed by atoms with Crippen molar-refractivity contribution in [2.45, 2.75) is 26.3 Å². The molecule has 25 heavy (non-hydrogen) atoms. The van der Waals surface area contributed by atoms with Crippen molar-refractivity contribution < 1.29 is 24.2 Å². The third-order valence-corrected chi connectivity index (χ3v) is 3.93. The molecule has 0 radical (unpaired) electrons. The van der Waals surface area contributed by atoms with Crippen molar-refractivity contribution in [1.82, 2.24) is 5.32 Å². The van der Waals surface area contributed by atoms with Crippen molar-refractivity contribution >= 4 is 28.6 Å². The minimum absolute atomic E-state index is 0.0805. The van der Waals surface area contributed by atoms with E-state index in [4.69, 9.17) is 4.74 Å². The van der Waals surface area contributed by atoms with Crippen LogP contribution in [-0.4, -0.2) is 35.6 Å². The topological polar surface area (TPSA) is 92.7 Å². The molecule has 0 fully saturated rings. The number of amides is 1. The van der Waals surface area contributed by atoms with Gasteiger partial charge in [-0.2, -0.15) is 0 Å². The van der Waals surface area contributed by atoms with Crippen LogP contribution < -0.4 is 5.32 Å². The molecule has 2 N–H and O–H groups in total. The molecule has 0 aliphatic carbocycles. The Bertz CT molecular complexity index is 786. The van der Waals surface area contributed by atoms with Gasteiger partial charge in [0.25, 0.3) is 5.91 Å². The number of carboxylic acid groups (broad SMARTS) is 1. The quantitative estimate of drug-likeness (QED) is 0.754. The molecule has 0 saturated heterocycles. The number of ether oxygens (including phenoxy) is 1. The van der Waals surface area contributed by atoms with Crippen LogP contribution in [-0.2, 0) is 14.3 Å². The zero-order valence-electron chi connectivity index (χ0n) is 14.2. The average Bonchev–Trinajstić information content (AvgIpc) is 2.58. The van der Waals surface area contributed by atoms with E-state index in [1.807, 2.05) is 30.3 Å². The molecule has 132 valence electrons. The van der Waals surface area contributed by atoms with Crippen molar-refractivity contribution in [1.29, 1.82) is 0 Å². The first-order valence-corrected chi connectivity index (χ1v) is 8.10.